The number of aromatic nitrogens is 1. The van der Waals surface area contributed by atoms with Crippen molar-refractivity contribution in [3.8, 4) is 10.4 Å². The molecule has 2 aromatic rings. The molecule has 1 heterocycles. The first-order valence-corrected chi connectivity index (χ1v) is 7.85. The largest absolute Gasteiger partial charge is 0.359 e. The molecule has 0 atom stereocenters. The maximum absolute atomic E-state index is 10.1. The number of carbonyl (C=O) groups is 1. The van der Waals surface area contributed by atoms with Gasteiger partial charge in [-0.1, -0.05) is 30.7 Å². The summed E-state index contributed by atoms with van der Waals surface area (Å²) in [5.41, 5.74) is 5.62. The molecule has 0 bridgehead atoms. The van der Waals surface area contributed by atoms with Gasteiger partial charge in [0.1, 0.15) is 0 Å². The number of benzene rings is 1. The van der Waals surface area contributed by atoms with E-state index in [1.54, 1.807) is 11.3 Å². The van der Waals surface area contributed by atoms with Gasteiger partial charge in [0.25, 0.3) is 0 Å². The molecular weight excluding hydrogens is 268 g/mol. The van der Waals surface area contributed by atoms with Crippen molar-refractivity contribution < 1.29 is 4.79 Å². The van der Waals surface area contributed by atoms with Crippen molar-refractivity contribution >= 4 is 17.7 Å². The van der Waals surface area contributed by atoms with Crippen LogP contribution < -0.4 is 5.32 Å². The van der Waals surface area contributed by atoms with Gasteiger partial charge < -0.3 is 5.32 Å². The molecule has 0 aliphatic rings. The number of amides is 1. The van der Waals surface area contributed by atoms with Crippen LogP contribution in [-0.4, -0.2) is 17.9 Å². The molecule has 0 fully saturated rings. The second kappa shape index (κ2) is 7.80. The lowest BCUT2D eigenvalue weighted by molar-refractivity contribution is -0.109. The highest BCUT2D eigenvalue weighted by Crippen LogP contribution is 2.27. The molecule has 0 aliphatic carbocycles. The number of nitrogens with one attached hydrogen (secondary N) is 1. The highest BCUT2D eigenvalue weighted by molar-refractivity contribution is 7.13. The first kappa shape index (κ1) is 14.7. The summed E-state index contributed by atoms with van der Waals surface area (Å²) in [7, 11) is 0. The van der Waals surface area contributed by atoms with Crippen molar-refractivity contribution in [3.05, 3.63) is 41.0 Å². The summed E-state index contributed by atoms with van der Waals surface area (Å²) in [5.74, 6) is 0. The number of hydrogen-bond donors (Lipinski definition) is 1. The fourth-order valence-electron chi connectivity index (χ4n) is 2.19. The van der Waals surface area contributed by atoms with Crippen LogP contribution in [0.4, 0.5) is 0 Å². The number of nitrogens with zero attached hydrogens (tertiary/aromatic N) is 1. The molecule has 20 heavy (non-hydrogen) atoms. The molecule has 1 amide bonds. The Labute approximate surface area is 124 Å². The predicted octanol–water partition coefficient (Wildman–Crippen LogP) is 3.58. The summed E-state index contributed by atoms with van der Waals surface area (Å²) in [6.07, 6.45) is 5.23. The average molecular weight is 288 g/mol. The van der Waals surface area contributed by atoms with E-state index in [0.29, 0.717) is 0 Å². The van der Waals surface area contributed by atoms with Crippen LogP contribution in [0.3, 0.4) is 0 Å². The van der Waals surface area contributed by atoms with Crippen LogP contribution in [0.25, 0.3) is 10.4 Å². The van der Waals surface area contributed by atoms with Crippen molar-refractivity contribution in [1.82, 2.24) is 10.3 Å². The molecule has 1 N–H and O–H groups in total. The average Bonchev–Trinajstić information content (AvgIpc) is 2.90. The lowest BCUT2D eigenvalue weighted by Gasteiger charge is -2.04. The van der Waals surface area contributed by atoms with E-state index >= 15 is 0 Å². The minimum absolute atomic E-state index is 0.764. The van der Waals surface area contributed by atoms with Gasteiger partial charge in [-0.25, -0.2) is 4.98 Å². The minimum atomic E-state index is 0.764. The second-order valence-electron chi connectivity index (χ2n) is 4.85. The zero-order chi connectivity index (χ0) is 14.2. The smallest absolute Gasteiger partial charge is 0.207 e. The van der Waals surface area contributed by atoms with Crippen molar-refractivity contribution in [3.63, 3.8) is 0 Å². The van der Waals surface area contributed by atoms with E-state index in [1.807, 2.05) is 12.4 Å². The molecule has 106 valence electrons. The first-order chi connectivity index (χ1) is 9.81. The maximum atomic E-state index is 10.1. The predicted molar refractivity (Wildman–Crippen MR) is 83.9 cm³/mol. The molecule has 4 heteroatoms. The summed E-state index contributed by atoms with van der Waals surface area (Å²) in [5, 5.41) is 2.69. The van der Waals surface area contributed by atoms with Crippen molar-refractivity contribution in [2.75, 3.05) is 6.54 Å². The molecule has 0 aliphatic heterocycles. The topological polar surface area (TPSA) is 42.0 Å². The number of carbonyl (C=O) groups excluding carboxylic acids is 1. The Bertz CT molecular complexity index is 534. The molecule has 0 unspecified atom stereocenters. The van der Waals surface area contributed by atoms with E-state index in [9.17, 15) is 4.79 Å². The Morgan fingerprint density at radius 1 is 1.20 bits per heavy atom. The number of unbranched alkanes of at least 4 members (excludes halogenated alkanes) is 2. The van der Waals surface area contributed by atoms with E-state index in [-0.39, 0.29) is 0 Å². The normalized spacial score (nSPS) is 10.4. The molecule has 1 aromatic carbocycles. The maximum Gasteiger partial charge on any atom is 0.207 e. The Hall–Kier alpha value is -1.68. The van der Waals surface area contributed by atoms with E-state index in [4.69, 9.17) is 0 Å². The summed E-state index contributed by atoms with van der Waals surface area (Å²) < 4.78 is 0. The number of rotatable bonds is 8. The molecular formula is C16H20N2OS. The molecule has 0 spiro atoms. The monoisotopic (exact) mass is 288 g/mol. The van der Waals surface area contributed by atoms with Gasteiger partial charge in [-0.3, -0.25) is 4.79 Å². The highest BCUT2D eigenvalue weighted by Gasteiger charge is 2.04. The van der Waals surface area contributed by atoms with E-state index in [1.165, 1.54) is 22.4 Å². The number of aryl methyl sites for hydroxylation is 2. The quantitative estimate of drug-likeness (QED) is 0.596. The van der Waals surface area contributed by atoms with Crippen molar-refractivity contribution in [2.45, 2.75) is 32.6 Å². The van der Waals surface area contributed by atoms with Crippen LogP contribution in [0.15, 0.2) is 29.8 Å². The van der Waals surface area contributed by atoms with Crippen LogP contribution in [0.2, 0.25) is 0 Å². The molecule has 0 radical (unpaired) electrons. The second-order valence-corrected chi connectivity index (χ2v) is 5.70. The minimum Gasteiger partial charge on any atom is -0.359 e. The molecule has 3 nitrogen and oxygen atoms in total. The third-order valence-electron chi connectivity index (χ3n) is 3.33. The van der Waals surface area contributed by atoms with Crippen LogP contribution >= 0.6 is 11.3 Å². The van der Waals surface area contributed by atoms with E-state index in [0.717, 1.165) is 37.9 Å². The number of thiazole rings is 1. The van der Waals surface area contributed by atoms with E-state index in [2.05, 4.69) is 34.6 Å². The van der Waals surface area contributed by atoms with E-state index < -0.39 is 0 Å². The van der Waals surface area contributed by atoms with Gasteiger partial charge >= 0.3 is 0 Å². The molecule has 0 saturated carbocycles. The third kappa shape index (κ3) is 4.17. The van der Waals surface area contributed by atoms with Gasteiger partial charge in [0.15, 0.2) is 0 Å². The van der Waals surface area contributed by atoms with Crippen LogP contribution in [0.1, 0.15) is 30.5 Å². The Balaban J connectivity index is 1.80. The molecule has 1 aromatic heterocycles. The fraction of sp³-hybridized carbons (Fsp3) is 0.375. The van der Waals surface area contributed by atoms with Gasteiger partial charge in [0.2, 0.25) is 6.41 Å². The van der Waals surface area contributed by atoms with Crippen LogP contribution in [0.5, 0.6) is 0 Å². The van der Waals surface area contributed by atoms with Gasteiger partial charge in [0, 0.05) is 6.54 Å². The summed E-state index contributed by atoms with van der Waals surface area (Å²) in [6, 6.07) is 8.78. The Morgan fingerprint density at radius 3 is 2.65 bits per heavy atom. The van der Waals surface area contributed by atoms with Crippen molar-refractivity contribution in [2.24, 2.45) is 0 Å². The lowest BCUT2D eigenvalue weighted by atomic mass is 10.0. The zero-order valence-corrected chi connectivity index (χ0v) is 12.6. The summed E-state index contributed by atoms with van der Waals surface area (Å²) >= 11 is 1.69. The standard InChI is InChI=1S/C16H20N2OS/c1-13-16(20-12-18-13)15-8-6-14(7-9-15)5-3-2-4-10-17-11-19/h6-9,11-12H,2-5,10H2,1H3,(H,17,19). The van der Waals surface area contributed by atoms with Gasteiger partial charge in [-0.05, 0) is 37.3 Å². The van der Waals surface area contributed by atoms with Gasteiger partial charge in [-0.15, -0.1) is 11.3 Å². The summed E-state index contributed by atoms with van der Waals surface area (Å²) in [6.45, 7) is 2.83. The lowest BCUT2D eigenvalue weighted by Crippen LogP contribution is -2.11. The third-order valence-corrected chi connectivity index (χ3v) is 4.31. The fourth-order valence-corrected chi connectivity index (χ4v) is 3.01. The number of hydrogen-bond acceptors (Lipinski definition) is 3. The van der Waals surface area contributed by atoms with Gasteiger partial charge in [-0.2, -0.15) is 0 Å². The van der Waals surface area contributed by atoms with Gasteiger partial charge in [0.05, 0.1) is 16.1 Å². The van der Waals surface area contributed by atoms with Crippen LogP contribution in [0, 0.1) is 6.92 Å². The van der Waals surface area contributed by atoms with Crippen LogP contribution in [-0.2, 0) is 11.2 Å². The summed E-state index contributed by atoms with van der Waals surface area (Å²) in [4.78, 5) is 15.6. The molecule has 0 saturated heterocycles. The zero-order valence-electron chi connectivity index (χ0n) is 11.8. The SMILES string of the molecule is Cc1ncsc1-c1ccc(CCCCCNC=O)cc1. The Morgan fingerprint density at radius 2 is 2.00 bits per heavy atom. The first-order valence-electron chi connectivity index (χ1n) is 6.97. The van der Waals surface area contributed by atoms with Crippen molar-refractivity contribution in [1.29, 1.82) is 0 Å². The molecule has 2 rings (SSSR count). The highest BCUT2D eigenvalue weighted by atomic mass is 32.1. The Kier molecular flexibility index (Phi) is 5.74.